The van der Waals surface area contributed by atoms with Gasteiger partial charge in [-0.05, 0) is 61.8 Å². The number of carbonyl (C=O) groups excluding carboxylic acids is 3. The van der Waals surface area contributed by atoms with Crippen molar-refractivity contribution in [2.75, 3.05) is 7.11 Å². The van der Waals surface area contributed by atoms with Crippen molar-refractivity contribution in [2.45, 2.75) is 63.9 Å². The average molecular weight is 544 g/mol. The first-order chi connectivity index (χ1) is 19.3. The van der Waals surface area contributed by atoms with Crippen LogP contribution in [-0.4, -0.2) is 35.5 Å². The highest BCUT2D eigenvalue weighted by Crippen LogP contribution is 2.47. The van der Waals surface area contributed by atoms with Gasteiger partial charge in [0.25, 0.3) is 5.56 Å². The minimum atomic E-state index is -0.687. The van der Waals surface area contributed by atoms with Gasteiger partial charge in [0.15, 0.2) is 0 Å². The van der Waals surface area contributed by atoms with E-state index in [4.69, 9.17) is 14.2 Å². The minimum Gasteiger partial charge on any atom is -0.495 e. The smallest absolute Gasteiger partial charge is 0.342 e. The number of hydrogen-bond donors (Lipinski definition) is 0. The molecule has 0 fully saturated rings. The Bertz CT molecular complexity index is 1580. The van der Waals surface area contributed by atoms with Crippen LogP contribution in [-0.2, 0) is 21.4 Å². The summed E-state index contributed by atoms with van der Waals surface area (Å²) in [5, 5.41) is 0.854. The Labute approximate surface area is 232 Å². The zero-order valence-electron chi connectivity index (χ0n) is 23.0. The number of ketones is 1. The summed E-state index contributed by atoms with van der Waals surface area (Å²) in [7, 11) is 3.16. The predicted octanol–water partition coefficient (Wildman–Crippen LogP) is 5.47. The van der Waals surface area contributed by atoms with Crippen LogP contribution in [0.5, 0.6) is 11.5 Å². The monoisotopic (exact) mass is 543 g/mol. The topological polar surface area (TPSA) is 101 Å². The molecule has 8 nitrogen and oxygen atoms in total. The first-order valence-corrected chi connectivity index (χ1v) is 13.7. The van der Waals surface area contributed by atoms with Gasteiger partial charge in [-0.1, -0.05) is 30.4 Å². The second-order valence-corrected chi connectivity index (χ2v) is 10.5. The van der Waals surface area contributed by atoms with Gasteiger partial charge in [0, 0.05) is 36.9 Å². The van der Waals surface area contributed by atoms with Gasteiger partial charge in [-0.2, -0.15) is 0 Å². The lowest BCUT2D eigenvalue weighted by Crippen LogP contribution is -2.29. The number of Topliss-reactive ketones (excluding diaryl/α,β-unsaturated/α-hetero) is 1. The quantitative estimate of drug-likeness (QED) is 0.312. The summed E-state index contributed by atoms with van der Waals surface area (Å²) in [4.78, 5) is 52.2. The molecule has 0 saturated carbocycles. The fourth-order valence-corrected chi connectivity index (χ4v) is 5.67. The first-order valence-electron chi connectivity index (χ1n) is 13.7. The van der Waals surface area contributed by atoms with Gasteiger partial charge in [0.1, 0.15) is 22.8 Å². The molecule has 2 aliphatic rings. The number of cyclic esters (lactones) is 1. The Morgan fingerprint density at radius 2 is 1.80 bits per heavy atom. The van der Waals surface area contributed by atoms with E-state index in [-0.39, 0.29) is 34.8 Å². The number of nitrogens with zero attached hydrogens (tertiary/aromatic N) is 1. The minimum absolute atomic E-state index is 0.0783. The van der Waals surface area contributed by atoms with Crippen molar-refractivity contribution in [3.05, 3.63) is 75.1 Å². The fraction of sp³-hybridized carbons (Fsp3) is 0.375. The van der Waals surface area contributed by atoms with Crippen LogP contribution < -0.4 is 15.0 Å². The van der Waals surface area contributed by atoms with Crippen LogP contribution in [0.15, 0.2) is 47.3 Å². The lowest BCUT2D eigenvalue weighted by atomic mass is 9.83. The van der Waals surface area contributed by atoms with Crippen LogP contribution in [0.25, 0.3) is 17.0 Å². The number of pyridine rings is 1. The normalized spacial score (nSPS) is 20.2. The van der Waals surface area contributed by atoms with E-state index in [1.807, 2.05) is 30.3 Å². The Morgan fingerprint density at radius 1 is 1.02 bits per heavy atom. The number of carbonyl (C=O) groups is 3. The molecule has 0 radical (unpaired) electrons. The molecule has 2 atom stereocenters. The maximum atomic E-state index is 13.6. The van der Waals surface area contributed by atoms with Gasteiger partial charge in [-0.15, -0.1) is 0 Å². The van der Waals surface area contributed by atoms with Gasteiger partial charge in [0.05, 0.1) is 25.2 Å². The highest BCUT2D eigenvalue weighted by molar-refractivity contribution is 5.99. The third-order valence-electron chi connectivity index (χ3n) is 7.70. The molecule has 0 aliphatic carbocycles. The number of para-hydroxylation sites is 1. The molecule has 5 rings (SSSR count). The molecule has 3 aromatic rings. The molecule has 2 aromatic carbocycles. The van der Waals surface area contributed by atoms with E-state index >= 15 is 0 Å². The molecule has 0 unspecified atom stereocenters. The van der Waals surface area contributed by atoms with Gasteiger partial charge in [-0.3, -0.25) is 14.4 Å². The van der Waals surface area contributed by atoms with Crippen molar-refractivity contribution in [1.82, 2.24) is 4.57 Å². The zero-order valence-corrected chi connectivity index (χ0v) is 23.0. The largest absolute Gasteiger partial charge is 0.495 e. The Kier molecular flexibility index (Phi) is 7.87. The van der Waals surface area contributed by atoms with Crippen molar-refractivity contribution in [3.63, 3.8) is 0 Å². The van der Waals surface area contributed by atoms with Gasteiger partial charge in [0.2, 0.25) is 0 Å². The number of benzene rings is 2. The standard InChI is InChI=1S/C32H33NO7/c1-19-10-9-14-22(34)13-6-4-5-12-21-17-26-29(30(38-3)28(21)32(37)39-19)23(18-27(35)40-26)24-16-20-11-7-8-15-25(20)33(2)31(24)36/h5,7-8,11-12,15-17,19,23H,4,6,9-10,13-14,18H2,1-3H3/t19-,23+/m0/s1. The van der Waals surface area contributed by atoms with Crippen molar-refractivity contribution >= 4 is 34.7 Å². The second kappa shape index (κ2) is 11.5. The van der Waals surface area contributed by atoms with E-state index in [0.29, 0.717) is 55.2 Å². The van der Waals surface area contributed by atoms with Crippen molar-refractivity contribution in [2.24, 2.45) is 7.05 Å². The van der Waals surface area contributed by atoms with Gasteiger partial charge < -0.3 is 18.8 Å². The summed E-state index contributed by atoms with van der Waals surface area (Å²) in [5.41, 5.74) is 2.12. The molecule has 1 aromatic heterocycles. The number of hydrogen-bond acceptors (Lipinski definition) is 7. The molecule has 8 heteroatoms. The van der Waals surface area contributed by atoms with Crippen LogP contribution in [0.4, 0.5) is 0 Å². The van der Waals surface area contributed by atoms with Crippen molar-refractivity contribution < 1.29 is 28.6 Å². The third-order valence-corrected chi connectivity index (χ3v) is 7.70. The van der Waals surface area contributed by atoms with E-state index < -0.39 is 24.0 Å². The summed E-state index contributed by atoms with van der Waals surface area (Å²) in [6, 6.07) is 11.0. The summed E-state index contributed by atoms with van der Waals surface area (Å²) in [6.45, 7) is 1.80. The maximum absolute atomic E-state index is 13.6. The van der Waals surface area contributed by atoms with E-state index in [0.717, 1.165) is 10.9 Å². The molecule has 40 heavy (non-hydrogen) atoms. The summed E-state index contributed by atoms with van der Waals surface area (Å²) in [5.74, 6) is -1.06. The maximum Gasteiger partial charge on any atom is 0.342 e. The Morgan fingerprint density at radius 3 is 2.60 bits per heavy atom. The van der Waals surface area contributed by atoms with E-state index in [9.17, 15) is 19.2 Å². The molecule has 0 saturated heterocycles. The van der Waals surface area contributed by atoms with Gasteiger partial charge in [-0.25, -0.2) is 4.79 Å². The lowest BCUT2D eigenvalue weighted by molar-refractivity contribution is -0.135. The fourth-order valence-electron chi connectivity index (χ4n) is 5.67. The molecule has 0 N–H and O–H groups in total. The molecule has 3 heterocycles. The summed E-state index contributed by atoms with van der Waals surface area (Å²) >= 11 is 0. The van der Waals surface area contributed by atoms with Crippen LogP contribution in [0.1, 0.15) is 84.8 Å². The van der Waals surface area contributed by atoms with Crippen molar-refractivity contribution in [3.8, 4) is 11.5 Å². The van der Waals surface area contributed by atoms with Crippen LogP contribution in [0, 0.1) is 0 Å². The first kappa shape index (κ1) is 27.4. The number of ether oxygens (including phenoxy) is 3. The number of fused-ring (bicyclic) bond motifs is 3. The third kappa shape index (κ3) is 5.30. The summed E-state index contributed by atoms with van der Waals surface area (Å²) in [6.07, 6.45) is 6.68. The SMILES string of the molecule is COc1c2c(cc3c1[C@@H](c1cc4ccccc4n(C)c1=O)CC(=O)O3)C=CCCCC(=O)CCC[C@H](C)OC2=O. The lowest BCUT2D eigenvalue weighted by Gasteiger charge is -2.29. The molecular weight excluding hydrogens is 510 g/mol. The molecule has 0 bridgehead atoms. The van der Waals surface area contributed by atoms with Crippen LogP contribution in [0.2, 0.25) is 0 Å². The molecule has 208 valence electrons. The Hall–Kier alpha value is -4.20. The van der Waals surface area contributed by atoms with E-state index in [2.05, 4.69) is 0 Å². The number of esters is 2. The second-order valence-electron chi connectivity index (χ2n) is 10.5. The number of rotatable bonds is 2. The molecule has 0 spiro atoms. The van der Waals surface area contributed by atoms with Crippen LogP contribution >= 0.6 is 0 Å². The Balaban J connectivity index is 1.70. The number of aromatic nitrogens is 1. The highest BCUT2D eigenvalue weighted by atomic mass is 16.5. The van der Waals surface area contributed by atoms with E-state index in [1.54, 1.807) is 36.7 Å². The summed E-state index contributed by atoms with van der Waals surface area (Å²) < 4.78 is 18.9. The molecule has 2 aliphatic heterocycles. The molecular formula is C32H33NO7. The number of methoxy groups -OCH3 is 1. The number of allylic oxidation sites excluding steroid dienone is 1. The predicted molar refractivity (Wildman–Crippen MR) is 151 cm³/mol. The van der Waals surface area contributed by atoms with Crippen molar-refractivity contribution in [1.29, 1.82) is 0 Å². The number of aryl methyl sites for hydroxylation is 1. The van der Waals surface area contributed by atoms with Gasteiger partial charge >= 0.3 is 11.9 Å². The molecule has 0 amide bonds. The highest BCUT2D eigenvalue weighted by Gasteiger charge is 2.37. The average Bonchev–Trinajstić information content (AvgIpc) is 2.93. The van der Waals surface area contributed by atoms with Crippen LogP contribution in [0.3, 0.4) is 0 Å². The zero-order chi connectivity index (χ0) is 28.4. The van der Waals surface area contributed by atoms with E-state index in [1.165, 1.54) is 7.11 Å².